The predicted molar refractivity (Wildman–Crippen MR) is 132 cm³/mol. The van der Waals surface area contributed by atoms with Crippen LogP contribution in [0.4, 0.5) is 13.6 Å². The summed E-state index contributed by atoms with van der Waals surface area (Å²) in [4.78, 5) is 43.1. The van der Waals surface area contributed by atoms with Crippen molar-refractivity contribution in [1.29, 1.82) is 0 Å². The van der Waals surface area contributed by atoms with Crippen LogP contribution in [0.25, 0.3) is 0 Å². The van der Waals surface area contributed by atoms with Crippen molar-refractivity contribution in [2.24, 2.45) is 0 Å². The van der Waals surface area contributed by atoms with Gasteiger partial charge in [-0.2, -0.15) is 0 Å². The van der Waals surface area contributed by atoms with Crippen LogP contribution < -0.4 is 16.2 Å². The van der Waals surface area contributed by atoms with Gasteiger partial charge in [-0.15, -0.1) is 11.3 Å². The summed E-state index contributed by atoms with van der Waals surface area (Å²) in [7, 11) is 0. The Labute approximate surface area is 212 Å². The molecule has 0 saturated carbocycles. The maximum Gasteiger partial charge on any atom is 0.317 e. The van der Waals surface area contributed by atoms with Crippen LogP contribution in [0.3, 0.4) is 0 Å². The molecule has 4 rings (SSSR count). The number of allylic oxidation sites excluding steroid dienone is 1. The molecule has 2 aliphatic rings. The number of hydrogen-bond acceptors (Lipinski definition) is 5. The molecule has 1 aliphatic carbocycles. The van der Waals surface area contributed by atoms with Crippen molar-refractivity contribution in [1.82, 2.24) is 26.1 Å². The van der Waals surface area contributed by atoms with Crippen LogP contribution in [0, 0.1) is 11.6 Å². The number of amides is 4. The highest BCUT2D eigenvalue weighted by molar-refractivity contribution is 7.09. The number of likely N-dealkylation sites (tertiary alicyclic amines) is 1. The number of benzene rings is 1. The number of carbonyl (C=O) groups excluding carboxylic acids is 3. The molecule has 192 valence electrons. The van der Waals surface area contributed by atoms with E-state index in [2.05, 4.69) is 27.2 Å². The van der Waals surface area contributed by atoms with Gasteiger partial charge in [0.05, 0.1) is 10.6 Å². The van der Waals surface area contributed by atoms with Crippen LogP contribution in [-0.4, -0.2) is 47.4 Å². The third-order valence-electron chi connectivity index (χ3n) is 6.46. The van der Waals surface area contributed by atoms with E-state index in [1.165, 1.54) is 29.8 Å². The molecule has 0 spiro atoms. The van der Waals surface area contributed by atoms with Gasteiger partial charge in [0.1, 0.15) is 17.3 Å². The van der Waals surface area contributed by atoms with Crippen LogP contribution >= 0.6 is 11.3 Å². The number of nitrogens with zero attached hydrogens (tertiary/aromatic N) is 2. The minimum atomic E-state index is -1.03. The first kappa shape index (κ1) is 25.7. The molecule has 0 unspecified atom stereocenters. The minimum absolute atomic E-state index is 0.0441. The quantitative estimate of drug-likeness (QED) is 0.393. The van der Waals surface area contributed by atoms with E-state index < -0.39 is 29.0 Å². The highest BCUT2D eigenvalue weighted by Gasteiger charge is 2.26. The van der Waals surface area contributed by atoms with E-state index in [9.17, 15) is 23.2 Å². The predicted octanol–water partition coefficient (Wildman–Crippen LogP) is 4.28. The lowest BCUT2D eigenvalue weighted by atomic mass is 9.97. The smallest absolute Gasteiger partial charge is 0.317 e. The Balaban J connectivity index is 1.20. The van der Waals surface area contributed by atoms with E-state index in [-0.39, 0.29) is 17.6 Å². The molecular formula is C25H29F2N5O3S. The fourth-order valence-corrected chi connectivity index (χ4v) is 5.37. The first-order valence-electron chi connectivity index (χ1n) is 12.1. The number of hydrogen-bond donors (Lipinski definition) is 3. The summed E-state index contributed by atoms with van der Waals surface area (Å²) < 4.78 is 26.7. The van der Waals surface area contributed by atoms with Gasteiger partial charge in [-0.3, -0.25) is 20.4 Å². The van der Waals surface area contributed by atoms with Crippen molar-refractivity contribution < 1.29 is 23.2 Å². The minimum Gasteiger partial charge on any atom is -0.338 e. The van der Waals surface area contributed by atoms with Gasteiger partial charge in [0.15, 0.2) is 0 Å². The zero-order valence-electron chi connectivity index (χ0n) is 19.8. The molecule has 1 aliphatic heterocycles. The molecular weight excluding hydrogens is 488 g/mol. The van der Waals surface area contributed by atoms with Gasteiger partial charge in [0.25, 0.3) is 11.8 Å². The van der Waals surface area contributed by atoms with Gasteiger partial charge in [0.2, 0.25) is 0 Å². The molecule has 1 saturated heterocycles. The molecule has 0 bridgehead atoms. The van der Waals surface area contributed by atoms with Gasteiger partial charge in [0, 0.05) is 37.0 Å². The number of rotatable bonds is 6. The highest BCUT2D eigenvalue weighted by atomic mass is 32.1. The van der Waals surface area contributed by atoms with Crippen LogP contribution in [-0.2, 0) is 0 Å². The Morgan fingerprint density at radius 2 is 1.86 bits per heavy atom. The van der Waals surface area contributed by atoms with Crippen LogP contribution in [0.5, 0.6) is 0 Å². The molecule has 3 N–H and O–H groups in total. The van der Waals surface area contributed by atoms with Crippen molar-refractivity contribution in [3.8, 4) is 0 Å². The summed E-state index contributed by atoms with van der Waals surface area (Å²) in [5.41, 5.74) is 5.49. The first-order chi connectivity index (χ1) is 17.4. The third-order valence-corrected chi connectivity index (χ3v) is 7.47. The molecule has 1 aromatic heterocycles. The molecule has 1 fully saturated rings. The van der Waals surface area contributed by atoms with E-state index in [1.807, 2.05) is 4.90 Å². The monoisotopic (exact) mass is 517 g/mol. The topological polar surface area (TPSA) is 103 Å². The number of urea groups is 1. The van der Waals surface area contributed by atoms with Crippen LogP contribution in [0.2, 0.25) is 0 Å². The molecule has 11 heteroatoms. The van der Waals surface area contributed by atoms with E-state index in [0.717, 1.165) is 49.2 Å². The SMILES string of the molecule is O=C(NNC(=O)c1ccc(F)cc1F)c1csc(C2CCN(C(=O)NCCC3=CCCCC3)CC2)n1. The summed E-state index contributed by atoms with van der Waals surface area (Å²) in [6.45, 7) is 1.87. The fourth-order valence-electron chi connectivity index (χ4n) is 4.40. The Hall–Kier alpha value is -3.34. The third kappa shape index (κ3) is 6.66. The van der Waals surface area contributed by atoms with Crippen molar-refractivity contribution in [2.45, 2.75) is 50.9 Å². The fraction of sp³-hybridized carbons (Fsp3) is 0.440. The molecule has 1 aromatic carbocycles. The Morgan fingerprint density at radius 3 is 2.58 bits per heavy atom. The number of nitrogens with one attached hydrogen (secondary N) is 3. The van der Waals surface area contributed by atoms with E-state index in [0.29, 0.717) is 25.7 Å². The van der Waals surface area contributed by atoms with Gasteiger partial charge in [-0.05, 0) is 57.1 Å². The largest absolute Gasteiger partial charge is 0.338 e. The van der Waals surface area contributed by atoms with Crippen molar-refractivity contribution in [2.75, 3.05) is 19.6 Å². The van der Waals surface area contributed by atoms with Gasteiger partial charge in [-0.25, -0.2) is 18.6 Å². The van der Waals surface area contributed by atoms with Crippen molar-refractivity contribution in [3.05, 3.63) is 63.1 Å². The average molecular weight is 518 g/mol. The Morgan fingerprint density at radius 1 is 1.08 bits per heavy atom. The number of carbonyl (C=O) groups is 3. The zero-order chi connectivity index (χ0) is 25.5. The Kier molecular flexibility index (Phi) is 8.63. The van der Waals surface area contributed by atoms with Crippen LogP contribution in [0.15, 0.2) is 35.2 Å². The average Bonchev–Trinajstić information content (AvgIpc) is 3.38. The maximum atomic E-state index is 13.7. The molecule has 36 heavy (non-hydrogen) atoms. The number of thiazole rings is 1. The number of aromatic nitrogens is 1. The summed E-state index contributed by atoms with van der Waals surface area (Å²) in [6.07, 6.45) is 9.45. The second-order valence-electron chi connectivity index (χ2n) is 8.95. The lowest BCUT2D eigenvalue weighted by Gasteiger charge is -2.31. The summed E-state index contributed by atoms with van der Waals surface area (Å²) in [6, 6.07) is 2.50. The number of piperidine rings is 1. The lowest BCUT2D eigenvalue weighted by molar-refractivity contribution is 0.0841. The van der Waals surface area contributed by atoms with Gasteiger partial charge < -0.3 is 10.2 Å². The maximum absolute atomic E-state index is 13.7. The molecule has 2 heterocycles. The summed E-state index contributed by atoms with van der Waals surface area (Å²) >= 11 is 1.35. The van der Waals surface area contributed by atoms with Crippen LogP contribution in [0.1, 0.15) is 76.7 Å². The second-order valence-corrected chi connectivity index (χ2v) is 9.84. The van der Waals surface area contributed by atoms with Crippen molar-refractivity contribution in [3.63, 3.8) is 0 Å². The zero-order valence-corrected chi connectivity index (χ0v) is 20.6. The normalized spacial score (nSPS) is 16.3. The van der Waals surface area contributed by atoms with E-state index in [4.69, 9.17) is 0 Å². The molecule has 8 nitrogen and oxygen atoms in total. The molecule has 0 radical (unpaired) electrons. The van der Waals surface area contributed by atoms with Gasteiger partial charge >= 0.3 is 6.03 Å². The Bertz CT molecular complexity index is 1140. The van der Waals surface area contributed by atoms with E-state index in [1.54, 1.807) is 5.38 Å². The second kappa shape index (κ2) is 12.1. The number of halogens is 2. The molecule has 0 atom stereocenters. The molecule has 2 aromatic rings. The first-order valence-corrected chi connectivity index (χ1v) is 13.0. The summed E-state index contributed by atoms with van der Waals surface area (Å²) in [5.74, 6) is -3.24. The summed E-state index contributed by atoms with van der Waals surface area (Å²) in [5, 5.41) is 5.40. The number of hydrazine groups is 1. The highest BCUT2D eigenvalue weighted by Crippen LogP contribution is 2.30. The van der Waals surface area contributed by atoms with Crippen molar-refractivity contribution >= 4 is 29.2 Å². The van der Waals surface area contributed by atoms with Gasteiger partial charge in [-0.1, -0.05) is 11.6 Å². The lowest BCUT2D eigenvalue weighted by Crippen LogP contribution is -2.44. The van der Waals surface area contributed by atoms with E-state index >= 15 is 0 Å². The molecule has 4 amide bonds. The standard InChI is InChI=1S/C25H29F2N5O3S/c26-18-6-7-19(20(27)14-18)22(33)30-31-23(34)21-15-36-24(29-21)17-9-12-32(13-10-17)25(35)28-11-8-16-4-2-1-3-5-16/h4,6-7,14-15,17H,1-3,5,8-13H2,(H,28,35)(H,30,33)(H,31,34).